The first-order valence-corrected chi connectivity index (χ1v) is 17.7. The molecule has 3 saturated carbocycles. The minimum atomic E-state index is -1.10. The van der Waals surface area contributed by atoms with Crippen LogP contribution in [0.5, 0.6) is 5.75 Å². The van der Waals surface area contributed by atoms with E-state index in [1.165, 1.54) is 11.3 Å². The number of rotatable bonds is 10. The minimum absolute atomic E-state index is 0.107. The number of carbonyl (C=O) groups excluding carboxylic acids is 4. The first-order valence-electron chi connectivity index (χ1n) is 17.7. The number of primary amides is 1. The maximum Gasteiger partial charge on any atom is 0.457 e. The van der Waals surface area contributed by atoms with Gasteiger partial charge in [0.1, 0.15) is 34.7 Å². The van der Waals surface area contributed by atoms with Gasteiger partial charge in [-0.15, -0.1) is 0 Å². The topological polar surface area (TPSA) is 168 Å². The number of aryl methyl sites for hydroxylation is 1. The van der Waals surface area contributed by atoms with Crippen molar-refractivity contribution in [3.63, 3.8) is 0 Å². The number of urea groups is 1. The van der Waals surface area contributed by atoms with Gasteiger partial charge in [-0.25, -0.2) is 14.4 Å². The van der Waals surface area contributed by atoms with Crippen molar-refractivity contribution >= 4 is 31.1 Å². The highest BCUT2D eigenvalue weighted by atomic mass is 16.7. The predicted octanol–water partition coefficient (Wildman–Crippen LogP) is 4.37. The molecule has 13 nitrogen and oxygen atoms in total. The summed E-state index contributed by atoms with van der Waals surface area (Å²) in [5, 5.41) is 4.89. The molecule has 2 heterocycles. The zero-order valence-electron chi connectivity index (χ0n) is 31.3. The monoisotopic (exact) mass is 698 g/mol. The molecule has 0 spiro atoms. The van der Waals surface area contributed by atoms with E-state index in [0.29, 0.717) is 35.9 Å². The van der Waals surface area contributed by atoms with E-state index < -0.39 is 47.3 Å². The number of esters is 1. The molecule has 2 aliphatic heterocycles. The average molecular weight is 699 g/mol. The number of hydrogen-bond acceptors (Lipinski definition) is 9. The zero-order chi connectivity index (χ0) is 37.0. The number of likely N-dealkylation sites (tertiary alicyclic amines) is 1. The molecule has 14 heteroatoms. The molecule has 5 aliphatic rings. The molecular formula is C36H55BN4O9. The van der Waals surface area contributed by atoms with Crippen LogP contribution in [0.25, 0.3) is 0 Å². The van der Waals surface area contributed by atoms with Gasteiger partial charge in [0.25, 0.3) is 0 Å². The Labute approximate surface area is 296 Å². The first kappa shape index (κ1) is 37.7. The Kier molecular flexibility index (Phi) is 10.2. The molecule has 2 saturated heterocycles. The quantitative estimate of drug-likeness (QED) is 0.237. The number of hydrogen-bond donors (Lipinski definition) is 3. The normalized spacial score (nSPS) is 26.2. The fourth-order valence-electron chi connectivity index (χ4n) is 7.98. The van der Waals surface area contributed by atoms with Crippen LogP contribution in [0.2, 0.25) is 6.32 Å². The van der Waals surface area contributed by atoms with Gasteiger partial charge in [-0.05, 0) is 115 Å². The Morgan fingerprint density at radius 2 is 1.70 bits per heavy atom. The van der Waals surface area contributed by atoms with Crippen LogP contribution in [-0.4, -0.2) is 90.7 Å². The first-order chi connectivity index (χ1) is 23.1. The number of alkyl carbamates (subject to hydrolysis) is 1. The summed E-state index contributed by atoms with van der Waals surface area (Å²) in [7, 11) is -0.314. The van der Waals surface area contributed by atoms with Crippen LogP contribution in [0.15, 0.2) is 12.1 Å². The lowest BCUT2D eigenvalue weighted by molar-refractivity contribution is -0.199. The second kappa shape index (κ2) is 13.6. The van der Waals surface area contributed by atoms with Crippen molar-refractivity contribution in [3.8, 4) is 5.75 Å². The minimum Gasteiger partial charge on any atom is -0.486 e. The summed E-state index contributed by atoms with van der Waals surface area (Å²) in [6.45, 7) is 19.5. The molecule has 0 unspecified atom stereocenters. The molecule has 5 fully saturated rings. The molecule has 2 bridgehead atoms. The molecule has 4 N–H and O–H groups in total. The Morgan fingerprint density at radius 1 is 1.04 bits per heavy atom. The Balaban J connectivity index is 1.25. The second-order valence-corrected chi connectivity index (χ2v) is 17.1. The van der Waals surface area contributed by atoms with E-state index in [-0.39, 0.29) is 43.9 Å². The third-order valence-electron chi connectivity index (χ3n) is 10.7. The van der Waals surface area contributed by atoms with Crippen molar-refractivity contribution in [1.82, 2.24) is 15.5 Å². The van der Waals surface area contributed by atoms with Crippen LogP contribution >= 0.6 is 0 Å². The van der Waals surface area contributed by atoms with Crippen molar-refractivity contribution in [2.24, 2.45) is 23.0 Å². The van der Waals surface area contributed by atoms with Gasteiger partial charge in [-0.3, -0.25) is 4.79 Å². The number of nitrogens with two attached hydrogens (primary N) is 1. The lowest BCUT2D eigenvalue weighted by Crippen LogP contribution is -2.65. The van der Waals surface area contributed by atoms with Crippen LogP contribution < -0.4 is 21.1 Å². The van der Waals surface area contributed by atoms with Gasteiger partial charge in [0.2, 0.25) is 5.91 Å². The Bertz CT molecular complexity index is 1500. The van der Waals surface area contributed by atoms with Gasteiger partial charge in [-0.1, -0.05) is 19.9 Å². The number of nitrogens with one attached hydrogen (secondary N) is 2. The van der Waals surface area contributed by atoms with Crippen LogP contribution in [0.3, 0.4) is 0 Å². The highest BCUT2D eigenvalue weighted by molar-refractivity contribution is 6.45. The van der Waals surface area contributed by atoms with E-state index >= 15 is 0 Å². The molecule has 1 aromatic rings. The molecule has 6 rings (SSSR count). The summed E-state index contributed by atoms with van der Waals surface area (Å²) in [5.41, 5.74) is 5.76. The molecule has 5 atom stereocenters. The summed E-state index contributed by atoms with van der Waals surface area (Å²) in [6.07, 6.45) is 2.41. The molecule has 276 valence electrons. The Morgan fingerprint density at radius 3 is 2.30 bits per heavy atom. The predicted molar refractivity (Wildman–Crippen MR) is 187 cm³/mol. The van der Waals surface area contributed by atoms with Crippen molar-refractivity contribution in [3.05, 3.63) is 28.8 Å². The molecule has 50 heavy (non-hydrogen) atoms. The smallest absolute Gasteiger partial charge is 0.457 e. The number of ether oxygens (including phenoxy) is 3. The van der Waals surface area contributed by atoms with Gasteiger partial charge >= 0.3 is 25.2 Å². The van der Waals surface area contributed by atoms with E-state index in [4.69, 9.17) is 29.3 Å². The SMILES string of the molecule is Cc1c(CCB2O[C@@H]3C[C@@H]4C[C@@H](C4(C)C)[C@]3(C)O2)ccc(OC2CN(C(=O)[C@@H](CNC(N)=O)NC(=O)OC(C)(C)C)C2)c1C(=O)OC(C)(C)C. The summed E-state index contributed by atoms with van der Waals surface area (Å²) in [6, 6.07) is 1.81. The third-order valence-corrected chi connectivity index (χ3v) is 10.7. The van der Waals surface area contributed by atoms with Crippen molar-refractivity contribution in [2.75, 3.05) is 19.6 Å². The standard InChI is InChI=1S/C36H55BN4O9/c1-20-21(13-14-37-49-27-16-22-15-26(35(22,8)9)36(27,10)50-37)11-12-25(28(20)30(43)47-33(2,3)4)46-23-18-41(19-23)29(42)24(17-39-31(38)44)40-32(45)48-34(5,6)7/h11-12,22-24,26-27H,13-19H2,1-10H3,(H,40,45)(H3,38,39,44)/t22-,24+,26-,27+,36-/m0/s1. The fraction of sp³-hybridized carbons (Fsp3) is 0.722. The molecule has 1 aromatic carbocycles. The highest BCUT2D eigenvalue weighted by Crippen LogP contribution is 2.65. The van der Waals surface area contributed by atoms with Crippen molar-refractivity contribution in [1.29, 1.82) is 0 Å². The van der Waals surface area contributed by atoms with Gasteiger partial charge < -0.3 is 44.8 Å². The Hall–Kier alpha value is -3.52. The highest BCUT2D eigenvalue weighted by Gasteiger charge is 2.67. The number of benzene rings is 1. The maximum absolute atomic E-state index is 13.6. The molecule has 3 aliphatic carbocycles. The lowest BCUT2D eigenvalue weighted by Gasteiger charge is -2.64. The fourth-order valence-corrected chi connectivity index (χ4v) is 7.98. The number of amides is 4. The zero-order valence-corrected chi connectivity index (χ0v) is 31.3. The number of carbonyl (C=O) groups is 4. The van der Waals surface area contributed by atoms with Crippen molar-refractivity contribution < 1.29 is 42.7 Å². The molecule has 4 amide bonds. The van der Waals surface area contributed by atoms with E-state index in [1.54, 1.807) is 26.8 Å². The lowest BCUT2D eigenvalue weighted by atomic mass is 9.43. The van der Waals surface area contributed by atoms with E-state index in [1.807, 2.05) is 33.8 Å². The second-order valence-electron chi connectivity index (χ2n) is 17.1. The van der Waals surface area contributed by atoms with Gasteiger partial charge in [0.05, 0.1) is 24.8 Å². The van der Waals surface area contributed by atoms with Crippen LogP contribution in [-0.2, 0) is 30.0 Å². The van der Waals surface area contributed by atoms with E-state index in [2.05, 4.69) is 31.4 Å². The molecule has 0 aromatic heterocycles. The third kappa shape index (κ3) is 8.01. The average Bonchev–Trinajstić information content (AvgIpc) is 3.30. The van der Waals surface area contributed by atoms with Gasteiger partial charge in [0, 0.05) is 6.54 Å². The van der Waals surface area contributed by atoms with Crippen LogP contribution in [0.4, 0.5) is 9.59 Å². The summed E-state index contributed by atoms with van der Waals surface area (Å²) in [5.74, 6) is 0.596. The van der Waals surface area contributed by atoms with Crippen molar-refractivity contribution in [2.45, 2.75) is 130 Å². The largest absolute Gasteiger partial charge is 0.486 e. The molecule has 0 radical (unpaired) electrons. The number of nitrogens with zero attached hydrogens (tertiary/aromatic N) is 1. The van der Waals surface area contributed by atoms with Crippen LogP contribution in [0, 0.1) is 24.2 Å². The summed E-state index contributed by atoms with van der Waals surface area (Å²) >= 11 is 0. The van der Waals surface area contributed by atoms with Gasteiger partial charge in [-0.2, -0.15) is 0 Å². The maximum atomic E-state index is 13.6. The summed E-state index contributed by atoms with van der Waals surface area (Å²) < 4.78 is 30.5. The molecular weight excluding hydrogens is 643 g/mol. The van der Waals surface area contributed by atoms with Gasteiger partial charge in [0.15, 0.2) is 0 Å². The summed E-state index contributed by atoms with van der Waals surface area (Å²) in [4.78, 5) is 52.2. The van der Waals surface area contributed by atoms with Crippen LogP contribution in [0.1, 0.15) is 96.6 Å². The van der Waals surface area contributed by atoms with E-state index in [0.717, 1.165) is 17.5 Å². The van der Waals surface area contributed by atoms with E-state index in [9.17, 15) is 19.2 Å².